The van der Waals surface area contributed by atoms with Gasteiger partial charge in [-0.25, -0.2) is 14.8 Å². The van der Waals surface area contributed by atoms with Gasteiger partial charge in [0.1, 0.15) is 5.60 Å². The molecule has 17 heavy (non-hydrogen) atoms. The Morgan fingerprint density at radius 3 is 2.65 bits per heavy atom. The van der Waals surface area contributed by atoms with Gasteiger partial charge in [-0.15, -0.1) is 0 Å². The van der Waals surface area contributed by atoms with Crippen LogP contribution < -0.4 is 5.73 Å². The molecule has 0 spiro atoms. The van der Waals surface area contributed by atoms with Crippen molar-refractivity contribution in [3.05, 3.63) is 0 Å². The smallest absolute Gasteiger partial charge is 0.429 e. The minimum absolute atomic E-state index is 0.0516. The van der Waals surface area contributed by atoms with Crippen LogP contribution in [-0.4, -0.2) is 47.3 Å². The molecule has 1 fully saturated rings. The number of amides is 2. The lowest BCUT2D eigenvalue weighted by Crippen LogP contribution is -2.46. The van der Waals surface area contributed by atoms with Crippen molar-refractivity contribution in [1.82, 2.24) is 10.0 Å². The highest BCUT2D eigenvalue weighted by atomic mass is 16.6. The third kappa shape index (κ3) is 3.89. The van der Waals surface area contributed by atoms with Crippen LogP contribution in [0.4, 0.5) is 4.79 Å². The summed E-state index contributed by atoms with van der Waals surface area (Å²) in [6.45, 7) is 6.74. The molecule has 1 aliphatic heterocycles. The predicted octanol–water partition coefficient (Wildman–Crippen LogP) is 0.720. The number of nitrogens with two attached hydrogens (primary N) is 1. The van der Waals surface area contributed by atoms with Gasteiger partial charge in [-0.05, 0) is 33.7 Å². The van der Waals surface area contributed by atoms with Gasteiger partial charge in [0, 0.05) is 13.0 Å². The Labute approximate surface area is 102 Å². The van der Waals surface area contributed by atoms with Crippen LogP contribution in [0.15, 0.2) is 0 Å². The summed E-state index contributed by atoms with van der Waals surface area (Å²) in [6.07, 6.45) is 0.551. The predicted molar refractivity (Wildman–Crippen MR) is 62.9 cm³/mol. The molecule has 1 saturated heterocycles. The van der Waals surface area contributed by atoms with Gasteiger partial charge in [0.05, 0.1) is 6.54 Å². The van der Waals surface area contributed by atoms with E-state index in [-0.39, 0.29) is 5.91 Å². The molecule has 0 aromatic rings. The van der Waals surface area contributed by atoms with E-state index in [1.165, 1.54) is 10.0 Å². The first-order valence-electron chi connectivity index (χ1n) is 5.86. The summed E-state index contributed by atoms with van der Waals surface area (Å²) in [5.74, 6) is -0.0516. The summed E-state index contributed by atoms with van der Waals surface area (Å²) in [4.78, 5) is 23.5. The molecule has 0 unspecified atom stereocenters. The third-order valence-electron chi connectivity index (χ3n) is 2.30. The molecule has 0 saturated carbocycles. The quantitative estimate of drug-likeness (QED) is 0.792. The van der Waals surface area contributed by atoms with E-state index in [9.17, 15) is 9.59 Å². The topological polar surface area (TPSA) is 75.9 Å². The maximum absolute atomic E-state index is 11.9. The molecule has 6 nitrogen and oxygen atoms in total. The number of carbonyl (C=O) groups excluding carboxylic acids is 2. The second-order valence-corrected chi connectivity index (χ2v) is 5.01. The fraction of sp³-hybridized carbons (Fsp3) is 0.818. The van der Waals surface area contributed by atoms with Crippen molar-refractivity contribution in [2.75, 3.05) is 19.6 Å². The number of ether oxygens (including phenoxy) is 1. The normalized spacial score (nSPS) is 16.6. The van der Waals surface area contributed by atoms with E-state index in [4.69, 9.17) is 10.5 Å². The molecule has 0 aromatic heterocycles. The van der Waals surface area contributed by atoms with Crippen molar-refractivity contribution in [3.63, 3.8) is 0 Å². The second kappa shape index (κ2) is 5.35. The van der Waals surface area contributed by atoms with Crippen LogP contribution in [0.2, 0.25) is 0 Å². The van der Waals surface area contributed by atoms with Crippen LogP contribution in [0.3, 0.4) is 0 Å². The van der Waals surface area contributed by atoms with Crippen molar-refractivity contribution in [2.24, 2.45) is 5.73 Å². The summed E-state index contributed by atoms with van der Waals surface area (Å²) in [7, 11) is 0. The van der Waals surface area contributed by atoms with Gasteiger partial charge in [0.2, 0.25) is 5.91 Å². The van der Waals surface area contributed by atoms with Gasteiger partial charge in [0.25, 0.3) is 0 Å². The maximum atomic E-state index is 11.9. The van der Waals surface area contributed by atoms with E-state index in [2.05, 4.69) is 0 Å². The SMILES string of the molecule is CC(C)(C)OC(=O)N1CCC(=O)N1CCCN. The molecule has 2 N–H and O–H groups in total. The molecule has 6 heteroatoms. The van der Waals surface area contributed by atoms with E-state index < -0.39 is 11.7 Å². The first kappa shape index (κ1) is 13.8. The van der Waals surface area contributed by atoms with Crippen LogP contribution in [0.5, 0.6) is 0 Å². The molecule has 2 amide bonds. The van der Waals surface area contributed by atoms with Crippen LogP contribution in [-0.2, 0) is 9.53 Å². The number of hydrogen-bond acceptors (Lipinski definition) is 4. The highest BCUT2D eigenvalue weighted by Gasteiger charge is 2.34. The Balaban J connectivity index is 2.62. The van der Waals surface area contributed by atoms with Crippen molar-refractivity contribution in [3.8, 4) is 0 Å². The fourth-order valence-corrected chi connectivity index (χ4v) is 1.58. The lowest BCUT2D eigenvalue weighted by molar-refractivity contribution is -0.137. The van der Waals surface area contributed by atoms with Gasteiger partial charge >= 0.3 is 6.09 Å². The largest absolute Gasteiger partial charge is 0.442 e. The number of hydrogen-bond donors (Lipinski definition) is 1. The van der Waals surface area contributed by atoms with E-state index in [1.807, 2.05) is 0 Å². The molecule has 1 aliphatic rings. The average molecular weight is 243 g/mol. The van der Waals surface area contributed by atoms with Gasteiger partial charge in [-0.2, -0.15) is 0 Å². The van der Waals surface area contributed by atoms with Crippen molar-refractivity contribution < 1.29 is 14.3 Å². The Bertz CT molecular complexity index is 299. The summed E-state index contributed by atoms with van der Waals surface area (Å²) in [5.41, 5.74) is 4.85. The first-order chi connectivity index (χ1) is 7.85. The van der Waals surface area contributed by atoms with Crippen LogP contribution >= 0.6 is 0 Å². The van der Waals surface area contributed by atoms with Gasteiger partial charge in [0.15, 0.2) is 0 Å². The zero-order valence-electron chi connectivity index (χ0n) is 10.7. The molecular formula is C11H21N3O3. The zero-order chi connectivity index (χ0) is 13.1. The molecule has 0 atom stereocenters. The van der Waals surface area contributed by atoms with Gasteiger partial charge < -0.3 is 10.5 Å². The lowest BCUT2D eigenvalue weighted by Gasteiger charge is -2.30. The molecule has 1 rings (SSSR count). The van der Waals surface area contributed by atoms with Crippen molar-refractivity contribution >= 4 is 12.0 Å². The summed E-state index contributed by atoms with van der Waals surface area (Å²) < 4.78 is 5.24. The highest BCUT2D eigenvalue weighted by molar-refractivity contribution is 5.82. The molecule has 0 aromatic carbocycles. The number of hydrazine groups is 1. The monoisotopic (exact) mass is 243 g/mol. The molecule has 1 heterocycles. The van der Waals surface area contributed by atoms with E-state index in [0.717, 1.165) is 0 Å². The maximum Gasteiger partial charge on any atom is 0.429 e. The van der Waals surface area contributed by atoms with Crippen LogP contribution in [0, 0.1) is 0 Å². The molecule has 98 valence electrons. The first-order valence-corrected chi connectivity index (χ1v) is 5.86. The van der Waals surface area contributed by atoms with E-state index in [1.54, 1.807) is 20.8 Å². The highest BCUT2D eigenvalue weighted by Crippen LogP contribution is 2.17. The molecular weight excluding hydrogens is 222 g/mol. The van der Waals surface area contributed by atoms with Crippen molar-refractivity contribution in [1.29, 1.82) is 0 Å². The van der Waals surface area contributed by atoms with Crippen LogP contribution in [0.25, 0.3) is 0 Å². The Morgan fingerprint density at radius 1 is 1.47 bits per heavy atom. The number of nitrogens with zero attached hydrogens (tertiary/aromatic N) is 2. The molecule has 0 radical (unpaired) electrons. The van der Waals surface area contributed by atoms with E-state index in [0.29, 0.717) is 32.5 Å². The second-order valence-electron chi connectivity index (χ2n) is 5.01. The van der Waals surface area contributed by atoms with Crippen molar-refractivity contribution in [2.45, 2.75) is 39.2 Å². The molecule has 0 bridgehead atoms. The minimum Gasteiger partial charge on any atom is -0.442 e. The van der Waals surface area contributed by atoms with E-state index >= 15 is 0 Å². The average Bonchev–Trinajstić information content (AvgIpc) is 2.54. The summed E-state index contributed by atoms with van der Waals surface area (Å²) in [6, 6.07) is 0. The Kier molecular flexibility index (Phi) is 4.34. The zero-order valence-corrected chi connectivity index (χ0v) is 10.7. The number of carbonyl (C=O) groups is 2. The third-order valence-corrected chi connectivity index (χ3v) is 2.30. The fourth-order valence-electron chi connectivity index (χ4n) is 1.58. The Hall–Kier alpha value is -1.30. The summed E-state index contributed by atoms with van der Waals surface area (Å²) in [5, 5.41) is 2.80. The lowest BCUT2D eigenvalue weighted by atomic mass is 10.2. The number of rotatable bonds is 3. The molecule has 0 aliphatic carbocycles. The van der Waals surface area contributed by atoms with Gasteiger partial charge in [-0.3, -0.25) is 4.79 Å². The Morgan fingerprint density at radius 2 is 2.12 bits per heavy atom. The summed E-state index contributed by atoms with van der Waals surface area (Å²) >= 11 is 0. The van der Waals surface area contributed by atoms with Crippen LogP contribution in [0.1, 0.15) is 33.6 Å². The van der Waals surface area contributed by atoms with Gasteiger partial charge in [-0.1, -0.05) is 0 Å². The standard InChI is InChI=1S/C11H21N3O3/c1-11(2,3)17-10(16)14-8-5-9(15)13(14)7-4-6-12/h4-8,12H2,1-3H3. The minimum atomic E-state index is -0.553.